The van der Waals surface area contributed by atoms with E-state index in [-0.39, 0.29) is 0 Å². The molecule has 0 radical (unpaired) electrons. The number of nitrogens with zero attached hydrogens (tertiary/aromatic N) is 4. The smallest absolute Gasteiger partial charge is 0.140 e. The van der Waals surface area contributed by atoms with E-state index in [9.17, 15) is 0 Å². The van der Waals surface area contributed by atoms with Gasteiger partial charge in [-0.1, -0.05) is 6.42 Å². The van der Waals surface area contributed by atoms with Crippen LogP contribution >= 0.6 is 11.3 Å². The average molecular weight is 355 g/mol. The molecule has 3 aliphatic heterocycles. The van der Waals surface area contributed by atoms with Gasteiger partial charge >= 0.3 is 0 Å². The zero-order valence-corrected chi connectivity index (χ0v) is 15.5. The van der Waals surface area contributed by atoms with Gasteiger partial charge in [-0.25, -0.2) is 9.97 Å². The highest BCUT2D eigenvalue weighted by atomic mass is 32.1. The first-order chi connectivity index (χ1) is 12.4. The molecular weight excluding hydrogens is 328 g/mol. The quantitative estimate of drug-likeness (QED) is 0.821. The second-order valence-electron chi connectivity index (χ2n) is 8.70. The second-order valence-corrected chi connectivity index (χ2v) is 9.60. The van der Waals surface area contributed by atoms with E-state index in [1.165, 1.54) is 69.4 Å². The first-order valence-electron chi connectivity index (χ1n) is 10.1. The number of piperidine rings is 3. The van der Waals surface area contributed by atoms with Crippen LogP contribution in [0.5, 0.6) is 0 Å². The van der Waals surface area contributed by atoms with E-state index in [0.717, 1.165) is 34.7 Å². The van der Waals surface area contributed by atoms with Crippen molar-refractivity contribution in [1.29, 1.82) is 0 Å². The van der Waals surface area contributed by atoms with Crippen LogP contribution in [0.2, 0.25) is 0 Å². The summed E-state index contributed by atoms with van der Waals surface area (Å²) in [5.74, 6) is 3.87. The SMILES string of the molecule is c1nc(N2C[C@@H]3C[C@H](C2)[C@@H]2CCC[C@H](C4CC4)N2C3)c2ccsc2n1. The fourth-order valence-corrected chi connectivity index (χ4v) is 6.76. The van der Waals surface area contributed by atoms with Crippen molar-refractivity contribution < 1.29 is 0 Å². The fraction of sp³-hybridized carbons (Fsp3) is 0.700. The number of thiophene rings is 1. The van der Waals surface area contributed by atoms with Crippen LogP contribution in [-0.2, 0) is 0 Å². The molecule has 1 aliphatic carbocycles. The molecule has 0 aromatic carbocycles. The normalized spacial score (nSPS) is 35.8. The highest BCUT2D eigenvalue weighted by molar-refractivity contribution is 7.16. The predicted octanol–water partition coefficient (Wildman–Crippen LogP) is 3.78. The van der Waals surface area contributed by atoms with Crippen molar-refractivity contribution in [3.8, 4) is 0 Å². The molecule has 132 valence electrons. The summed E-state index contributed by atoms with van der Waals surface area (Å²) in [5, 5.41) is 3.40. The summed E-state index contributed by atoms with van der Waals surface area (Å²) in [4.78, 5) is 15.8. The molecular formula is C20H26N4S. The number of hydrogen-bond donors (Lipinski definition) is 0. The molecule has 0 N–H and O–H groups in total. The Morgan fingerprint density at radius 2 is 1.84 bits per heavy atom. The van der Waals surface area contributed by atoms with Crippen LogP contribution in [0, 0.1) is 17.8 Å². The van der Waals surface area contributed by atoms with Gasteiger partial charge in [0.25, 0.3) is 0 Å². The van der Waals surface area contributed by atoms with E-state index in [1.54, 1.807) is 17.7 Å². The minimum absolute atomic E-state index is 0.818. The standard InChI is InChI=1S/C20H26N4S/c1-2-17(14-4-5-14)24-10-13-8-15(18(24)3-1)11-23(9-13)19-16-6-7-25-20(16)22-12-21-19/h6-7,12-15,17-18H,1-5,8-11H2/t13-,15+,17+,18-/m0/s1. The summed E-state index contributed by atoms with van der Waals surface area (Å²) in [6.45, 7) is 3.70. The van der Waals surface area contributed by atoms with E-state index in [2.05, 4.69) is 26.2 Å². The van der Waals surface area contributed by atoms with Gasteiger partial charge in [0, 0.05) is 31.7 Å². The van der Waals surface area contributed by atoms with Crippen molar-refractivity contribution >= 4 is 27.4 Å². The van der Waals surface area contributed by atoms with Gasteiger partial charge < -0.3 is 4.90 Å². The predicted molar refractivity (Wildman–Crippen MR) is 102 cm³/mol. The summed E-state index contributed by atoms with van der Waals surface area (Å²) in [5.41, 5.74) is 0. The van der Waals surface area contributed by atoms with Gasteiger partial charge in [0.2, 0.25) is 0 Å². The first kappa shape index (κ1) is 14.9. The molecule has 0 unspecified atom stereocenters. The first-order valence-corrected chi connectivity index (χ1v) is 10.9. The molecule has 2 aromatic heterocycles. The molecule has 3 saturated heterocycles. The number of anilines is 1. The third-order valence-corrected chi connectivity index (χ3v) is 7.96. The van der Waals surface area contributed by atoms with Gasteiger partial charge in [0.15, 0.2) is 0 Å². The average Bonchev–Trinajstić information content (AvgIpc) is 3.37. The van der Waals surface area contributed by atoms with Crippen molar-refractivity contribution in [2.75, 3.05) is 24.5 Å². The zero-order valence-electron chi connectivity index (χ0n) is 14.7. The molecule has 0 spiro atoms. The van der Waals surface area contributed by atoms with Crippen LogP contribution in [0.1, 0.15) is 38.5 Å². The number of fused-ring (bicyclic) bond motifs is 5. The van der Waals surface area contributed by atoms with Crippen LogP contribution in [0.15, 0.2) is 17.8 Å². The van der Waals surface area contributed by atoms with Gasteiger partial charge in [-0.05, 0) is 61.3 Å². The van der Waals surface area contributed by atoms with Gasteiger partial charge in [0.1, 0.15) is 17.0 Å². The Morgan fingerprint density at radius 1 is 0.960 bits per heavy atom. The molecule has 4 atom stereocenters. The Bertz CT molecular complexity index is 785. The number of aromatic nitrogens is 2. The topological polar surface area (TPSA) is 32.3 Å². The Balaban J connectivity index is 1.30. The highest BCUT2D eigenvalue weighted by Crippen LogP contribution is 2.47. The third kappa shape index (κ3) is 2.42. The van der Waals surface area contributed by atoms with Gasteiger partial charge in [-0.2, -0.15) is 0 Å². The molecule has 5 heteroatoms. The van der Waals surface area contributed by atoms with Crippen molar-refractivity contribution in [3.05, 3.63) is 17.8 Å². The van der Waals surface area contributed by atoms with Gasteiger partial charge in [0.05, 0.1) is 5.39 Å². The van der Waals surface area contributed by atoms with E-state index in [0.29, 0.717) is 0 Å². The lowest BCUT2D eigenvalue weighted by Gasteiger charge is -2.55. The molecule has 0 amide bonds. The minimum atomic E-state index is 0.818. The van der Waals surface area contributed by atoms with Crippen LogP contribution in [0.3, 0.4) is 0 Å². The lowest BCUT2D eigenvalue weighted by Crippen LogP contribution is -2.62. The Morgan fingerprint density at radius 3 is 2.72 bits per heavy atom. The fourth-order valence-electron chi connectivity index (χ4n) is 6.04. The summed E-state index contributed by atoms with van der Waals surface area (Å²) in [6, 6.07) is 3.95. The van der Waals surface area contributed by atoms with Gasteiger partial charge in [-0.15, -0.1) is 11.3 Å². The third-order valence-electron chi connectivity index (χ3n) is 7.14. The Labute approximate surface area is 153 Å². The molecule has 2 bridgehead atoms. The minimum Gasteiger partial charge on any atom is -0.355 e. The second kappa shape index (κ2) is 5.65. The summed E-state index contributed by atoms with van der Waals surface area (Å²) in [6.07, 6.45) is 10.5. The summed E-state index contributed by atoms with van der Waals surface area (Å²) >= 11 is 1.73. The van der Waals surface area contributed by atoms with Crippen molar-refractivity contribution in [2.45, 2.75) is 50.6 Å². The van der Waals surface area contributed by atoms with E-state index >= 15 is 0 Å². The molecule has 4 nitrogen and oxygen atoms in total. The van der Waals surface area contributed by atoms with Crippen LogP contribution < -0.4 is 4.90 Å². The summed E-state index contributed by atoms with van der Waals surface area (Å²) < 4.78 is 0. The Kier molecular flexibility index (Phi) is 3.37. The van der Waals surface area contributed by atoms with Crippen LogP contribution in [-0.4, -0.2) is 46.6 Å². The maximum Gasteiger partial charge on any atom is 0.140 e. The lowest BCUT2D eigenvalue weighted by molar-refractivity contribution is -0.0259. The van der Waals surface area contributed by atoms with Crippen molar-refractivity contribution in [2.24, 2.45) is 17.8 Å². The summed E-state index contributed by atoms with van der Waals surface area (Å²) in [7, 11) is 0. The molecule has 4 fully saturated rings. The molecule has 5 heterocycles. The number of hydrogen-bond acceptors (Lipinski definition) is 5. The maximum atomic E-state index is 4.70. The van der Waals surface area contributed by atoms with Crippen molar-refractivity contribution in [3.63, 3.8) is 0 Å². The largest absolute Gasteiger partial charge is 0.355 e. The molecule has 6 rings (SSSR count). The maximum absolute atomic E-state index is 4.70. The van der Waals surface area contributed by atoms with Crippen LogP contribution in [0.4, 0.5) is 5.82 Å². The van der Waals surface area contributed by atoms with Crippen LogP contribution in [0.25, 0.3) is 10.2 Å². The zero-order chi connectivity index (χ0) is 16.4. The monoisotopic (exact) mass is 354 g/mol. The van der Waals surface area contributed by atoms with Gasteiger partial charge in [-0.3, -0.25) is 4.90 Å². The number of rotatable bonds is 2. The molecule has 4 aliphatic rings. The van der Waals surface area contributed by atoms with E-state index in [1.807, 2.05) is 0 Å². The Hall–Kier alpha value is -1.20. The molecule has 1 saturated carbocycles. The highest BCUT2D eigenvalue weighted by Gasteiger charge is 2.48. The van der Waals surface area contributed by atoms with Crippen molar-refractivity contribution in [1.82, 2.24) is 14.9 Å². The molecule has 2 aromatic rings. The molecule has 25 heavy (non-hydrogen) atoms. The van der Waals surface area contributed by atoms with E-state index in [4.69, 9.17) is 4.98 Å². The lowest BCUT2D eigenvalue weighted by atomic mass is 9.74. The van der Waals surface area contributed by atoms with E-state index < -0.39 is 0 Å².